The minimum atomic E-state index is 0.0715. The van der Waals surface area contributed by atoms with Crippen molar-refractivity contribution in [3.63, 3.8) is 0 Å². The Morgan fingerprint density at radius 3 is 0.878 bits per heavy atom. The van der Waals surface area contributed by atoms with Gasteiger partial charge in [0.1, 0.15) is 34.3 Å². The zero-order chi connectivity index (χ0) is 55.3. The van der Waals surface area contributed by atoms with Crippen molar-refractivity contribution in [1.82, 2.24) is 15.0 Å². The molecule has 13 nitrogen and oxygen atoms in total. The molecule has 0 fully saturated rings. The largest absolute Gasteiger partial charge is 0.505 e. The van der Waals surface area contributed by atoms with E-state index in [2.05, 4.69) is 74.4 Å². The number of H-pyrrole nitrogens is 3. The fourth-order valence-corrected chi connectivity index (χ4v) is 11.8. The van der Waals surface area contributed by atoms with Gasteiger partial charge < -0.3 is 35.2 Å². The van der Waals surface area contributed by atoms with Gasteiger partial charge in [0, 0.05) is 82.1 Å². The number of para-hydroxylation sites is 3. The maximum absolute atomic E-state index is 11.5. The second kappa shape index (κ2) is 18.7. The third-order valence-corrected chi connectivity index (χ3v) is 15.9. The first-order valence-corrected chi connectivity index (χ1v) is 26.9. The molecule has 0 atom stereocenters. The van der Waals surface area contributed by atoms with Crippen LogP contribution in [0.5, 0.6) is 17.2 Å². The molecule has 13 heteroatoms. The van der Waals surface area contributed by atoms with Crippen molar-refractivity contribution < 1.29 is 15.3 Å². The van der Waals surface area contributed by atoms with E-state index in [0.717, 1.165) is 115 Å². The normalized spacial score (nSPS) is 12.3. The molecule has 0 saturated carbocycles. The zero-order valence-corrected chi connectivity index (χ0v) is 44.5. The van der Waals surface area contributed by atoms with E-state index in [9.17, 15) is 15.3 Å². The van der Waals surface area contributed by atoms with Gasteiger partial charge in [-0.25, -0.2) is 0 Å². The fourth-order valence-electron chi connectivity index (χ4n) is 11.8. The fraction of sp³-hybridized carbons (Fsp3) is 0.0435. The smallest absolute Gasteiger partial charge is 0.146 e. The van der Waals surface area contributed by atoms with E-state index in [1.54, 1.807) is 0 Å². The molecule has 3 aromatic heterocycles. The molecule has 12 aromatic carbocycles. The number of nitrogens with one attached hydrogen (secondary N) is 3. The molecule has 82 heavy (non-hydrogen) atoms. The van der Waals surface area contributed by atoms with Crippen molar-refractivity contribution >= 4 is 149 Å². The van der Waals surface area contributed by atoms with Gasteiger partial charge in [-0.05, 0) is 163 Å². The average molecular weight is 1070 g/mol. The van der Waals surface area contributed by atoms with Crippen LogP contribution in [0.4, 0.5) is 51.2 Å². The van der Waals surface area contributed by atoms with Crippen LogP contribution < -0.4 is 4.90 Å². The van der Waals surface area contributed by atoms with Crippen molar-refractivity contribution in [1.29, 1.82) is 0 Å². The molecule has 0 amide bonds. The van der Waals surface area contributed by atoms with E-state index in [1.165, 1.54) is 0 Å². The van der Waals surface area contributed by atoms with E-state index in [0.29, 0.717) is 50.8 Å². The van der Waals surface area contributed by atoms with Gasteiger partial charge in [0.2, 0.25) is 0 Å². The Kier molecular flexibility index (Phi) is 11.0. The number of azo groups is 3. The molecular formula is C69H48N10O3. The van der Waals surface area contributed by atoms with Gasteiger partial charge in [0.25, 0.3) is 0 Å². The Bertz CT molecular complexity index is 4710. The molecular weight excluding hydrogens is 1020 g/mol. The topological polar surface area (TPSA) is 185 Å². The third kappa shape index (κ3) is 7.77. The molecule has 392 valence electrons. The molecule has 15 aromatic rings. The summed E-state index contributed by atoms with van der Waals surface area (Å²) in [5.41, 5.74) is 13.1. The number of anilines is 3. The molecule has 0 aliphatic heterocycles. The maximum Gasteiger partial charge on any atom is 0.146 e. The number of aromatic nitrogens is 3. The molecule has 0 radical (unpaired) electrons. The van der Waals surface area contributed by atoms with Gasteiger partial charge in [-0.1, -0.05) is 91.0 Å². The summed E-state index contributed by atoms with van der Waals surface area (Å²) in [6.07, 6.45) is 0. The molecule has 0 spiro atoms. The second-order valence-corrected chi connectivity index (χ2v) is 20.9. The number of fused-ring (bicyclic) bond motifs is 15. The average Bonchev–Trinajstić information content (AvgIpc) is 3.33. The summed E-state index contributed by atoms with van der Waals surface area (Å²) in [6, 6.07) is 66.2. The lowest BCUT2D eigenvalue weighted by Gasteiger charge is -2.25. The number of nitrogens with zero attached hydrogens (tertiary/aromatic N) is 7. The maximum atomic E-state index is 11.5. The van der Waals surface area contributed by atoms with Crippen LogP contribution in [0.25, 0.3) is 97.7 Å². The number of hydrogen-bond donors (Lipinski definition) is 6. The van der Waals surface area contributed by atoms with E-state index >= 15 is 0 Å². The van der Waals surface area contributed by atoms with Crippen molar-refractivity contribution in [2.24, 2.45) is 30.7 Å². The summed E-state index contributed by atoms with van der Waals surface area (Å²) in [5.74, 6) is 0.215. The summed E-state index contributed by atoms with van der Waals surface area (Å²) in [5, 5.41) is 74.6. The summed E-state index contributed by atoms with van der Waals surface area (Å²) >= 11 is 0. The molecule has 3 heterocycles. The molecule has 6 N–H and O–H groups in total. The van der Waals surface area contributed by atoms with E-state index in [-0.39, 0.29) is 17.2 Å². The Morgan fingerprint density at radius 2 is 0.585 bits per heavy atom. The van der Waals surface area contributed by atoms with Crippen LogP contribution >= 0.6 is 0 Å². The summed E-state index contributed by atoms with van der Waals surface area (Å²) < 4.78 is 0. The number of rotatable bonds is 9. The third-order valence-electron chi connectivity index (χ3n) is 15.9. The number of hydrogen-bond acceptors (Lipinski definition) is 10. The number of phenolic OH excluding ortho intramolecular Hbond substituents is 3. The lowest BCUT2D eigenvalue weighted by molar-refractivity contribution is 0.472. The van der Waals surface area contributed by atoms with Gasteiger partial charge >= 0.3 is 0 Å². The standard InChI is InChI=1S/C69H48N10O3/c1-37-34-40-16-31-52-49-10-4-7-13-55(49)70-61(52)58(40)64(67(37)80)76-73-43-19-25-46(26-20-43)79(47-27-21-44(22-28-47)74-77-65-59-41(35-38(2)68(65)81)17-32-53-50-11-5-8-14-56(50)71-62(53)59)48-29-23-45(24-30-48)75-78-66-60-42(36-39(3)69(66)82)18-33-54-51-12-6-9-15-57(51)72-63(54)60/h4-36,70-72,80-82H,1-3H3. The molecule has 0 aliphatic rings. The number of aromatic amines is 3. The number of aryl methyl sites for hydroxylation is 3. The van der Waals surface area contributed by atoms with Crippen LogP contribution in [-0.2, 0) is 0 Å². The Hall–Kier alpha value is -11.2. The summed E-state index contributed by atoms with van der Waals surface area (Å²) in [7, 11) is 0. The first-order valence-electron chi connectivity index (χ1n) is 26.9. The van der Waals surface area contributed by atoms with Gasteiger partial charge in [0.15, 0.2) is 0 Å². The highest BCUT2D eigenvalue weighted by Gasteiger charge is 2.21. The van der Waals surface area contributed by atoms with Crippen LogP contribution in [-0.4, -0.2) is 30.3 Å². The lowest BCUT2D eigenvalue weighted by Crippen LogP contribution is -2.09. The van der Waals surface area contributed by atoms with Gasteiger partial charge in [-0.3, -0.25) is 0 Å². The molecule has 0 bridgehead atoms. The molecule has 0 saturated heterocycles. The SMILES string of the molecule is Cc1cc2ccc3c4ccccc4[nH]c3c2c(N=Nc2ccc(N(c3ccc(N=Nc4c(O)c(C)cc5ccc6c7ccccc7[nH]c6c45)cc3)c3ccc(N=Nc4c(O)c(C)cc5ccc6c7ccccc7[nH]c6c45)cc3)cc2)c1O. The van der Waals surface area contributed by atoms with Gasteiger partial charge in [-0.15, -0.1) is 15.3 Å². The van der Waals surface area contributed by atoms with Crippen LogP contribution in [0.3, 0.4) is 0 Å². The van der Waals surface area contributed by atoms with Crippen molar-refractivity contribution in [2.45, 2.75) is 20.8 Å². The quantitative estimate of drug-likeness (QED) is 0.0786. The Labute approximate surface area is 467 Å². The van der Waals surface area contributed by atoms with Crippen LogP contribution in [0, 0.1) is 20.8 Å². The zero-order valence-electron chi connectivity index (χ0n) is 44.5. The van der Waals surface area contributed by atoms with E-state index < -0.39 is 0 Å². The Morgan fingerprint density at radius 1 is 0.305 bits per heavy atom. The molecule has 0 aliphatic carbocycles. The number of phenols is 3. The minimum Gasteiger partial charge on any atom is -0.505 e. The Balaban J connectivity index is 0.796. The number of benzene rings is 12. The predicted molar refractivity (Wildman–Crippen MR) is 333 cm³/mol. The number of aromatic hydroxyl groups is 3. The first-order chi connectivity index (χ1) is 40.1. The summed E-state index contributed by atoms with van der Waals surface area (Å²) in [6.45, 7) is 5.61. The predicted octanol–water partition coefficient (Wildman–Crippen LogP) is 20.8. The van der Waals surface area contributed by atoms with E-state index in [1.807, 2.05) is 166 Å². The minimum absolute atomic E-state index is 0.0715. The highest BCUT2D eigenvalue weighted by molar-refractivity contribution is 6.23. The highest BCUT2D eigenvalue weighted by atomic mass is 16.3. The van der Waals surface area contributed by atoms with Crippen LogP contribution in [0.15, 0.2) is 231 Å². The lowest BCUT2D eigenvalue weighted by atomic mass is 10.0. The molecule has 0 unspecified atom stereocenters. The van der Waals surface area contributed by atoms with Crippen molar-refractivity contribution in [3.8, 4) is 17.2 Å². The molecule has 15 rings (SSSR count). The second-order valence-electron chi connectivity index (χ2n) is 20.9. The monoisotopic (exact) mass is 1060 g/mol. The van der Waals surface area contributed by atoms with E-state index in [4.69, 9.17) is 30.7 Å². The summed E-state index contributed by atoms with van der Waals surface area (Å²) in [4.78, 5) is 12.8. The van der Waals surface area contributed by atoms with Crippen molar-refractivity contribution in [2.75, 3.05) is 4.90 Å². The van der Waals surface area contributed by atoms with Gasteiger partial charge in [0.05, 0.1) is 33.6 Å². The highest BCUT2D eigenvalue weighted by Crippen LogP contribution is 2.48. The first kappa shape index (κ1) is 48.0. The van der Waals surface area contributed by atoms with Gasteiger partial charge in [-0.2, -0.15) is 15.3 Å². The van der Waals surface area contributed by atoms with Crippen molar-refractivity contribution in [3.05, 3.63) is 217 Å². The van der Waals surface area contributed by atoms with Crippen LogP contribution in [0.1, 0.15) is 16.7 Å². The van der Waals surface area contributed by atoms with Crippen LogP contribution in [0.2, 0.25) is 0 Å².